The van der Waals surface area contributed by atoms with Gasteiger partial charge >= 0.3 is 0 Å². The Hall–Kier alpha value is -0.770. The Balaban J connectivity index is 2.53. The van der Waals surface area contributed by atoms with Crippen LogP contribution >= 0.6 is 22.6 Å². The van der Waals surface area contributed by atoms with Gasteiger partial charge in [-0.3, -0.25) is 0 Å². The summed E-state index contributed by atoms with van der Waals surface area (Å²) < 4.78 is 6.76. The highest BCUT2D eigenvalue weighted by Crippen LogP contribution is 2.27. The molecule has 0 spiro atoms. The fourth-order valence-corrected chi connectivity index (χ4v) is 2.13. The molecule has 66 valence electrons. The van der Waals surface area contributed by atoms with Crippen LogP contribution in [-0.4, -0.2) is 0 Å². The van der Waals surface area contributed by atoms with Crippen LogP contribution in [0.2, 0.25) is 0 Å². The predicted molar refractivity (Wildman–Crippen MR) is 61.6 cm³/mol. The van der Waals surface area contributed by atoms with Crippen LogP contribution in [-0.2, 0) is 0 Å². The van der Waals surface area contributed by atoms with Crippen LogP contribution in [0.1, 0.15) is 5.76 Å². The molecule has 0 aliphatic rings. The molecule has 1 nitrogen and oxygen atoms in total. The molecule has 2 aromatic rings. The van der Waals surface area contributed by atoms with E-state index < -0.39 is 0 Å². The van der Waals surface area contributed by atoms with Gasteiger partial charge in [-0.05, 0) is 35.6 Å². The molecular weight excluding hydrogens is 275 g/mol. The number of hydrogen-bond donors (Lipinski definition) is 0. The van der Waals surface area contributed by atoms with Crippen molar-refractivity contribution < 1.29 is 4.42 Å². The molecule has 0 atom stereocenters. The van der Waals surface area contributed by atoms with Crippen LogP contribution in [0.15, 0.2) is 40.8 Å². The first-order valence-electron chi connectivity index (χ1n) is 4.09. The molecule has 0 saturated heterocycles. The van der Waals surface area contributed by atoms with E-state index >= 15 is 0 Å². The smallest absolute Gasteiger partial charge is 0.147 e. The van der Waals surface area contributed by atoms with E-state index in [0.29, 0.717) is 0 Å². The normalized spacial score (nSPS) is 10.3. The highest BCUT2D eigenvalue weighted by molar-refractivity contribution is 14.1. The van der Waals surface area contributed by atoms with Gasteiger partial charge in [0.05, 0.1) is 3.57 Å². The second kappa shape index (κ2) is 3.54. The van der Waals surface area contributed by atoms with Crippen molar-refractivity contribution >= 4 is 22.6 Å². The van der Waals surface area contributed by atoms with Crippen LogP contribution in [0.3, 0.4) is 0 Å². The fraction of sp³-hybridized carbons (Fsp3) is 0.0909. The summed E-state index contributed by atoms with van der Waals surface area (Å²) in [6, 6.07) is 12.2. The van der Waals surface area contributed by atoms with Gasteiger partial charge in [0.25, 0.3) is 0 Å². The van der Waals surface area contributed by atoms with E-state index in [-0.39, 0.29) is 0 Å². The van der Waals surface area contributed by atoms with Crippen LogP contribution in [0.25, 0.3) is 11.3 Å². The molecule has 13 heavy (non-hydrogen) atoms. The van der Waals surface area contributed by atoms with Crippen molar-refractivity contribution in [2.45, 2.75) is 6.92 Å². The van der Waals surface area contributed by atoms with E-state index in [1.807, 2.05) is 31.2 Å². The molecule has 0 bridgehead atoms. The lowest BCUT2D eigenvalue weighted by Gasteiger charge is -1.96. The summed E-state index contributed by atoms with van der Waals surface area (Å²) in [7, 11) is 0. The lowest BCUT2D eigenvalue weighted by atomic mass is 10.2. The Morgan fingerprint density at radius 2 is 1.85 bits per heavy atom. The lowest BCUT2D eigenvalue weighted by Crippen LogP contribution is -1.74. The van der Waals surface area contributed by atoms with Gasteiger partial charge < -0.3 is 4.42 Å². The highest BCUT2D eigenvalue weighted by Gasteiger charge is 2.07. The molecule has 2 heteroatoms. The lowest BCUT2D eigenvalue weighted by molar-refractivity contribution is 0.547. The molecule has 2 rings (SSSR count). The molecule has 0 radical (unpaired) electrons. The third-order valence-corrected chi connectivity index (χ3v) is 2.65. The number of hydrogen-bond acceptors (Lipinski definition) is 1. The maximum Gasteiger partial charge on any atom is 0.147 e. The first kappa shape index (κ1) is 8.81. The minimum atomic E-state index is 0.961. The summed E-state index contributed by atoms with van der Waals surface area (Å²) in [6.45, 7) is 1.97. The average Bonchev–Trinajstić information content (AvgIpc) is 2.47. The van der Waals surface area contributed by atoms with Crippen molar-refractivity contribution in [3.63, 3.8) is 0 Å². The van der Waals surface area contributed by atoms with Crippen molar-refractivity contribution in [1.82, 2.24) is 0 Å². The number of benzene rings is 1. The zero-order valence-corrected chi connectivity index (χ0v) is 9.41. The summed E-state index contributed by atoms with van der Waals surface area (Å²) >= 11 is 2.29. The van der Waals surface area contributed by atoms with Gasteiger partial charge in [0.2, 0.25) is 0 Å². The van der Waals surface area contributed by atoms with Gasteiger partial charge in [-0.25, -0.2) is 0 Å². The van der Waals surface area contributed by atoms with E-state index in [1.165, 1.54) is 3.57 Å². The van der Waals surface area contributed by atoms with Gasteiger partial charge in [-0.15, -0.1) is 0 Å². The Labute approximate surface area is 90.9 Å². The van der Waals surface area contributed by atoms with E-state index in [4.69, 9.17) is 4.42 Å². The van der Waals surface area contributed by atoms with Gasteiger partial charge in [0.15, 0.2) is 0 Å². The maximum atomic E-state index is 5.59. The molecule has 0 aliphatic heterocycles. The number of halogens is 1. The molecule has 0 amide bonds. The van der Waals surface area contributed by atoms with Crippen molar-refractivity contribution in [3.05, 3.63) is 45.7 Å². The second-order valence-electron chi connectivity index (χ2n) is 2.90. The van der Waals surface area contributed by atoms with Gasteiger partial charge in [0.1, 0.15) is 11.5 Å². The molecule has 0 unspecified atom stereocenters. The van der Waals surface area contributed by atoms with E-state index in [9.17, 15) is 0 Å². The molecule has 1 aromatic heterocycles. The molecule has 0 N–H and O–H groups in total. The van der Waals surface area contributed by atoms with Crippen LogP contribution in [0, 0.1) is 10.5 Å². The summed E-state index contributed by atoms with van der Waals surface area (Å²) in [5.74, 6) is 1.93. The molecule has 0 fully saturated rings. The van der Waals surface area contributed by atoms with Crippen molar-refractivity contribution in [2.24, 2.45) is 0 Å². The van der Waals surface area contributed by atoms with Crippen LogP contribution < -0.4 is 0 Å². The van der Waals surface area contributed by atoms with E-state index in [0.717, 1.165) is 17.1 Å². The summed E-state index contributed by atoms with van der Waals surface area (Å²) in [6.07, 6.45) is 0. The zero-order chi connectivity index (χ0) is 9.26. The highest BCUT2D eigenvalue weighted by atomic mass is 127. The molecule has 1 aromatic carbocycles. The number of aryl methyl sites for hydroxylation is 1. The summed E-state index contributed by atoms with van der Waals surface area (Å²) in [4.78, 5) is 0. The predicted octanol–water partition coefficient (Wildman–Crippen LogP) is 3.86. The van der Waals surface area contributed by atoms with Crippen molar-refractivity contribution in [3.8, 4) is 11.3 Å². The van der Waals surface area contributed by atoms with Crippen LogP contribution in [0.4, 0.5) is 0 Å². The Bertz CT molecular complexity index is 403. The Morgan fingerprint density at radius 1 is 1.15 bits per heavy atom. The molecule has 0 saturated carbocycles. The third-order valence-electron chi connectivity index (χ3n) is 1.85. The summed E-state index contributed by atoms with van der Waals surface area (Å²) in [5.41, 5.74) is 1.14. The molecule has 1 heterocycles. The van der Waals surface area contributed by atoms with E-state index in [2.05, 4.69) is 34.7 Å². The fourth-order valence-electron chi connectivity index (χ4n) is 1.27. The topological polar surface area (TPSA) is 13.1 Å². The second-order valence-corrected chi connectivity index (χ2v) is 4.06. The van der Waals surface area contributed by atoms with Gasteiger partial charge in [-0.1, -0.05) is 30.3 Å². The van der Waals surface area contributed by atoms with Gasteiger partial charge in [0, 0.05) is 5.56 Å². The third kappa shape index (κ3) is 1.77. The average molecular weight is 284 g/mol. The number of furan rings is 1. The minimum Gasteiger partial charge on any atom is -0.460 e. The van der Waals surface area contributed by atoms with E-state index in [1.54, 1.807) is 0 Å². The SMILES string of the molecule is Cc1cc(I)c(-c2ccccc2)o1. The molecular formula is C11H9IO. The van der Waals surface area contributed by atoms with Gasteiger partial charge in [-0.2, -0.15) is 0 Å². The standard InChI is InChI=1S/C11H9IO/c1-8-7-10(12)11(13-8)9-5-3-2-4-6-9/h2-7H,1H3. The minimum absolute atomic E-state index is 0.961. The van der Waals surface area contributed by atoms with Crippen LogP contribution in [0.5, 0.6) is 0 Å². The van der Waals surface area contributed by atoms with Crippen molar-refractivity contribution in [1.29, 1.82) is 0 Å². The largest absolute Gasteiger partial charge is 0.460 e. The first-order valence-corrected chi connectivity index (χ1v) is 5.16. The summed E-state index contributed by atoms with van der Waals surface area (Å²) in [5, 5.41) is 0. The monoisotopic (exact) mass is 284 g/mol. The Morgan fingerprint density at radius 3 is 2.38 bits per heavy atom. The Kier molecular flexibility index (Phi) is 2.40. The number of rotatable bonds is 1. The zero-order valence-electron chi connectivity index (χ0n) is 7.25. The molecule has 0 aliphatic carbocycles. The first-order chi connectivity index (χ1) is 6.27. The maximum absolute atomic E-state index is 5.59. The van der Waals surface area contributed by atoms with Crippen molar-refractivity contribution in [2.75, 3.05) is 0 Å². The quantitative estimate of drug-likeness (QED) is 0.725.